The van der Waals surface area contributed by atoms with Gasteiger partial charge in [0.25, 0.3) is 0 Å². The summed E-state index contributed by atoms with van der Waals surface area (Å²) < 4.78 is 0. The molecule has 12 heavy (non-hydrogen) atoms. The third-order valence-corrected chi connectivity index (χ3v) is 3.91. The fourth-order valence-electron chi connectivity index (χ4n) is 3.35. The lowest BCUT2D eigenvalue weighted by molar-refractivity contribution is -0.0249. The van der Waals surface area contributed by atoms with E-state index in [4.69, 9.17) is 0 Å². The summed E-state index contributed by atoms with van der Waals surface area (Å²) >= 11 is 0. The maximum absolute atomic E-state index is 2.75. The molecule has 3 rings (SSSR count). The maximum atomic E-state index is 2.75. The summed E-state index contributed by atoms with van der Waals surface area (Å²) in [6, 6.07) is 2.54. The first-order valence-electron chi connectivity index (χ1n) is 5.47. The van der Waals surface area contributed by atoms with Crippen molar-refractivity contribution in [2.75, 3.05) is 0 Å². The Hall–Kier alpha value is -0.0400. The van der Waals surface area contributed by atoms with Gasteiger partial charge in [0.15, 0.2) is 0 Å². The standard InChI is InChI=1S/C11H21N/c1-8(2)12-9(3)10-4-6-11(12)7-5-10/h8-11H,4-7H2,1-3H3/t9-,10?,11?/m1/s1. The van der Waals surface area contributed by atoms with E-state index in [1.54, 1.807) is 0 Å². The van der Waals surface area contributed by atoms with E-state index in [1.807, 2.05) is 0 Å². The Morgan fingerprint density at radius 3 is 2.00 bits per heavy atom. The summed E-state index contributed by atoms with van der Waals surface area (Å²) in [7, 11) is 0. The van der Waals surface area contributed by atoms with Gasteiger partial charge in [0.1, 0.15) is 0 Å². The highest BCUT2D eigenvalue weighted by Crippen LogP contribution is 2.40. The predicted octanol–water partition coefficient (Wildman–Crippen LogP) is 2.66. The van der Waals surface area contributed by atoms with Gasteiger partial charge in [-0.25, -0.2) is 0 Å². The number of nitrogens with zero attached hydrogens (tertiary/aromatic N) is 1. The zero-order chi connectivity index (χ0) is 8.72. The van der Waals surface area contributed by atoms with Crippen LogP contribution in [0.2, 0.25) is 0 Å². The average molecular weight is 167 g/mol. The van der Waals surface area contributed by atoms with Crippen LogP contribution in [0, 0.1) is 5.92 Å². The molecule has 3 fully saturated rings. The van der Waals surface area contributed by atoms with Crippen molar-refractivity contribution < 1.29 is 0 Å². The number of fused-ring (bicyclic) bond motifs is 3. The van der Waals surface area contributed by atoms with E-state index in [-0.39, 0.29) is 0 Å². The molecule has 2 heterocycles. The topological polar surface area (TPSA) is 3.24 Å². The highest BCUT2D eigenvalue weighted by Gasteiger charge is 2.39. The molecule has 1 saturated carbocycles. The molecule has 0 aromatic rings. The normalized spacial score (nSPS) is 42.5. The second-order valence-electron chi connectivity index (χ2n) is 4.85. The summed E-state index contributed by atoms with van der Waals surface area (Å²) in [5.41, 5.74) is 0. The van der Waals surface area contributed by atoms with E-state index in [0.717, 1.165) is 24.0 Å². The van der Waals surface area contributed by atoms with Gasteiger partial charge in [0.05, 0.1) is 0 Å². The largest absolute Gasteiger partial charge is 0.295 e. The molecule has 0 unspecified atom stereocenters. The van der Waals surface area contributed by atoms with Crippen LogP contribution in [0.5, 0.6) is 0 Å². The molecule has 3 aliphatic rings. The molecule has 0 spiro atoms. The van der Waals surface area contributed by atoms with Gasteiger partial charge in [0, 0.05) is 18.1 Å². The number of hydrogen-bond acceptors (Lipinski definition) is 1. The van der Waals surface area contributed by atoms with Gasteiger partial charge in [-0.3, -0.25) is 4.90 Å². The molecule has 1 nitrogen and oxygen atoms in total. The first-order valence-corrected chi connectivity index (χ1v) is 5.47. The van der Waals surface area contributed by atoms with Crippen LogP contribution >= 0.6 is 0 Å². The highest BCUT2D eigenvalue weighted by molar-refractivity contribution is 4.94. The van der Waals surface area contributed by atoms with Crippen LogP contribution in [0.25, 0.3) is 0 Å². The summed E-state index contributed by atoms with van der Waals surface area (Å²) in [6.07, 6.45) is 5.92. The predicted molar refractivity (Wildman–Crippen MR) is 52.2 cm³/mol. The molecule has 2 aliphatic heterocycles. The molecule has 70 valence electrons. The van der Waals surface area contributed by atoms with Crippen molar-refractivity contribution in [1.29, 1.82) is 0 Å². The molecular weight excluding hydrogens is 146 g/mol. The van der Waals surface area contributed by atoms with Crippen molar-refractivity contribution in [3.05, 3.63) is 0 Å². The Morgan fingerprint density at radius 2 is 1.67 bits per heavy atom. The molecular formula is C11H21N. The molecule has 0 aromatic heterocycles. The minimum Gasteiger partial charge on any atom is -0.295 e. The molecule has 0 N–H and O–H groups in total. The van der Waals surface area contributed by atoms with Gasteiger partial charge in [-0.15, -0.1) is 0 Å². The summed E-state index contributed by atoms with van der Waals surface area (Å²) in [4.78, 5) is 2.75. The monoisotopic (exact) mass is 167 g/mol. The second-order valence-corrected chi connectivity index (χ2v) is 4.85. The van der Waals surface area contributed by atoms with E-state index in [0.29, 0.717) is 0 Å². The third kappa shape index (κ3) is 1.19. The third-order valence-electron chi connectivity index (χ3n) is 3.91. The summed E-state index contributed by atoms with van der Waals surface area (Å²) in [5.74, 6) is 1.01. The lowest BCUT2D eigenvalue weighted by Gasteiger charge is -2.52. The first kappa shape index (κ1) is 8.55. The number of rotatable bonds is 1. The molecule has 2 saturated heterocycles. The van der Waals surface area contributed by atoms with Gasteiger partial charge in [-0.1, -0.05) is 0 Å². The SMILES string of the molecule is CC(C)N1C2CCC(CC2)[C@H]1C. The van der Waals surface area contributed by atoms with Crippen molar-refractivity contribution in [3.8, 4) is 0 Å². The van der Waals surface area contributed by atoms with Gasteiger partial charge in [-0.05, 0) is 52.4 Å². The zero-order valence-electron chi connectivity index (χ0n) is 8.59. The van der Waals surface area contributed by atoms with E-state index in [2.05, 4.69) is 25.7 Å². The van der Waals surface area contributed by atoms with Crippen LogP contribution in [0.4, 0.5) is 0 Å². The van der Waals surface area contributed by atoms with Gasteiger partial charge in [0.2, 0.25) is 0 Å². The molecule has 1 heteroatoms. The Kier molecular flexibility index (Phi) is 2.16. The van der Waals surface area contributed by atoms with Gasteiger partial charge < -0.3 is 0 Å². The second kappa shape index (κ2) is 3.02. The number of piperidine rings is 2. The van der Waals surface area contributed by atoms with Crippen molar-refractivity contribution in [1.82, 2.24) is 4.90 Å². The van der Waals surface area contributed by atoms with E-state index in [1.165, 1.54) is 25.7 Å². The van der Waals surface area contributed by atoms with Crippen LogP contribution in [-0.2, 0) is 0 Å². The van der Waals surface area contributed by atoms with E-state index >= 15 is 0 Å². The van der Waals surface area contributed by atoms with Crippen molar-refractivity contribution in [2.45, 2.75) is 64.6 Å². The Labute approximate surface area is 76.1 Å². The van der Waals surface area contributed by atoms with Crippen molar-refractivity contribution in [3.63, 3.8) is 0 Å². The fourth-order valence-corrected chi connectivity index (χ4v) is 3.35. The van der Waals surface area contributed by atoms with Crippen LogP contribution in [-0.4, -0.2) is 23.0 Å². The van der Waals surface area contributed by atoms with Gasteiger partial charge >= 0.3 is 0 Å². The summed E-state index contributed by atoms with van der Waals surface area (Å²) in [5, 5.41) is 0. The zero-order valence-corrected chi connectivity index (χ0v) is 8.59. The van der Waals surface area contributed by atoms with Crippen molar-refractivity contribution in [2.24, 2.45) is 5.92 Å². The van der Waals surface area contributed by atoms with Crippen LogP contribution < -0.4 is 0 Å². The minimum absolute atomic E-state index is 0.758. The Bertz CT molecular complexity index is 154. The highest BCUT2D eigenvalue weighted by atomic mass is 15.2. The van der Waals surface area contributed by atoms with Crippen LogP contribution in [0.1, 0.15) is 46.5 Å². The lowest BCUT2D eigenvalue weighted by atomic mass is 9.74. The van der Waals surface area contributed by atoms with Crippen LogP contribution in [0.15, 0.2) is 0 Å². The molecule has 1 atom stereocenters. The first-order chi connectivity index (χ1) is 5.70. The quantitative estimate of drug-likeness (QED) is 0.580. The van der Waals surface area contributed by atoms with Crippen LogP contribution in [0.3, 0.4) is 0 Å². The van der Waals surface area contributed by atoms with Gasteiger partial charge in [-0.2, -0.15) is 0 Å². The molecule has 0 aromatic carbocycles. The number of hydrogen-bond donors (Lipinski definition) is 0. The molecule has 1 aliphatic carbocycles. The fraction of sp³-hybridized carbons (Fsp3) is 1.00. The average Bonchev–Trinajstić information content (AvgIpc) is 2.05. The van der Waals surface area contributed by atoms with E-state index < -0.39 is 0 Å². The molecule has 0 radical (unpaired) electrons. The summed E-state index contributed by atoms with van der Waals surface area (Å²) in [6.45, 7) is 7.12. The molecule has 2 bridgehead atoms. The Morgan fingerprint density at radius 1 is 1.08 bits per heavy atom. The lowest BCUT2D eigenvalue weighted by Crippen LogP contribution is -2.56. The Balaban J connectivity index is 2.12. The minimum atomic E-state index is 0.758. The molecule has 0 amide bonds. The maximum Gasteiger partial charge on any atom is 0.0101 e. The van der Waals surface area contributed by atoms with Crippen molar-refractivity contribution >= 4 is 0 Å². The smallest absolute Gasteiger partial charge is 0.0101 e. The van der Waals surface area contributed by atoms with E-state index in [9.17, 15) is 0 Å².